The summed E-state index contributed by atoms with van der Waals surface area (Å²) >= 11 is 5.79. The van der Waals surface area contributed by atoms with Gasteiger partial charge in [0.15, 0.2) is 0 Å². The molecule has 1 saturated heterocycles. The summed E-state index contributed by atoms with van der Waals surface area (Å²) in [6, 6.07) is 0.674. The monoisotopic (exact) mass is 268 g/mol. The first-order chi connectivity index (χ1) is 8.74. The number of hydrogen-bond donors (Lipinski definition) is 0. The molecule has 1 unspecified atom stereocenters. The highest BCUT2D eigenvalue weighted by atomic mass is 35.5. The molecule has 18 heavy (non-hydrogen) atoms. The van der Waals surface area contributed by atoms with Crippen molar-refractivity contribution >= 4 is 17.4 Å². The van der Waals surface area contributed by atoms with E-state index in [1.165, 1.54) is 6.42 Å². The second-order valence-corrected chi connectivity index (χ2v) is 5.05. The molecule has 0 aliphatic carbocycles. The number of aromatic nitrogens is 2. The minimum Gasteiger partial charge on any atom is -0.353 e. The minimum atomic E-state index is 0.424. The van der Waals surface area contributed by atoms with Crippen LogP contribution in [0.4, 0.5) is 5.82 Å². The largest absolute Gasteiger partial charge is 0.353 e. The maximum absolute atomic E-state index is 5.79. The average molecular weight is 269 g/mol. The molecule has 2 rings (SSSR count). The van der Waals surface area contributed by atoms with E-state index >= 15 is 0 Å². The van der Waals surface area contributed by atoms with Gasteiger partial charge in [0.25, 0.3) is 0 Å². The molecule has 1 aromatic rings. The van der Waals surface area contributed by atoms with E-state index in [0.29, 0.717) is 11.9 Å². The van der Waals surface area contributed by atoms with Gasteiger partial charge in [-0.15, -0.1) is 11.6 Å². The van der Waals surface area contributed by atoms with Crippen molar-refractivity contribution in [3.63, 3.8) is 0 Å². The topological polar surface area (TPSA) is 32.3 Å². The molecule has 5 heteroatoms. The van der Waals surface area contributed by atoms with Crippen molar-refractivity contribution in [2.75, 3.05) is 31.1 Å². The third kappa shape index (κ3) is 3.12. The molecule has 0 radical (unpaired) electrons. The Kier molecular flexibility index (Phi) is 4.78. The molecule has 1 atom stereocenters. The summed E-state index contributed by atoms with van der Waals surface area (Å²) in [6.07, 6.45) is 4.77. The summed E-state index contributed by atoms with van der Waals surface area (Å²) in [5, 5.41) is 0. The molecule has 4 nitrogen and oxygen atoms in total. The molecule has 100 valence electrons. The van der Waals surface area contributed by atoms with E-state index in [4.69, 9.17) is 11.6 Å². The van der Waals surface area contributed by atoms with Crippen LogP contribution in [0.25, 0.3) is 0 Å². The minimum absolute atomic E-state index is 0.424. The van der Waals surface area contributed by atoms with E-state index in [-0.39, 0.29) is 0 Å². The zero-order valence-electron chi connectivity index (χ0n) is 11.1. The van der Waals surface area contributed by atoms with E-state index < -0.39 is 0 Å². The summed E-state index contributed by atoms with van der Waals surface area (Å²) in [5.41, 5.74) is 0.846. The van der Waals surface area contributed by atoms with E-state index in [1.54, 1.807) is 6.20 Å². The van der Waals surface area contributed by atoms with E-state index in [0.717, 1.165) is 37.7 Å². The first-order valence-electron chi connectivity index (χ1n) is 6.60. The van der Waals surface area contributed by atoms with Gasteiger partial charge in [-0.05, 0) is 13.3 Å². The van der Waals surface area contributed by atoms with Gasteiger partial charge in [0.05, 0.1) is 17.8 Å². The molecule has 0 bridgehead atoms. The van der Waals surface area contributed by atoms with Crippen LogP contribution in [0.1, 0.15) is 26.0 Å². The highest BCUT2D eigenvalue weighted by Gasteiger charge is 2.21. The third-order valence-corrected chi connectivity index (χ3v) is 3.93. The Labute approximate surface area is 114 Å². The summed E-state index contributed by atoms with van der Waals surface area (Å²) in [5.74, 6) is 1.38. The number of nitrogens with zero attached hydrogens (tertiary/aromatic N) is 4. The Balaban J connectivity index is 1.96. The number of rotatable bonds is 4. The number of anilines is 1. The lowest BCUT2D eigenvalue weighted by molar-refractivity contribution is 0.192. The Morgan fingerprint density at radius 3 is 2.61 bits per heavy atom. The summed E-state index contributed by atoms with van der Waals surface area (Å²) in [4.78, 5) is 13.5. The van der Waals surface area contributed by atoms with Crippen LogP contribution >= 0.6 is 11.6 Å². The molecule has 1 aromatic heterocycles. The van der Waals surface area contributed by atoms with Crippen molar-refractivity contribution < 1.29 is 0 Å². The first-order valence-corrected chi connectivity index (χ1v) is 7.14. The van der Waals surface area contributed by atoms with Crippen LogP contribution in [0.15, 0.2) is 12.4 Å². The van der Waals surface area contributed by atoms with Crippen LogP contribution in [0, 0.1) is 0 Å². The number of hydrogen-bond acceptors (Lipinski definition) is 4. The van der Waals surface area contributed by atoms with E-state index in [2.05, 4.69) is 33.6 Å². The molecule has 0 aromatic carbocycles. The van der Waals surface area contributed by atoms with Crippen molar-refractivity contribution in [1.82, 2.24) is 14.9 Å². The maximum Gasteiger partial charge on any atom is 0.147 e. The van der Waals surface area contributed by atoms with Crippen LogP contribution in [-0.2, 0) is 5.88 Å². The average Bonchev–Trinajstić information content (AvgIpc) is 2.46. The van der Waals surface area contributed by atoms with Crippen molar-refractivity contribution in [1.29, 1.82) is 0 Å². The van der Waals surface area contributed by atoms with Crippen LogP contribution < -0.4 is 4.90 Å². The summed E-state index contributed by atoms with van der Waals surface area (Å²) < 4.78 is 0. The van der Waals surface area contributed by atoms with Gasteiger partial charge in [0.1, 0.15) is 5.82 Å². The fourth-order valence-corrected chi connectivity index (χ4v) is 2.39. The van der Waals surface area contributed by atoms with Crippen molar-refractivity contribution in [2.45, 2.75) is 32.2 Å². The second-order valence-electron chi connectivity index (χ2n) is 4.78. The van der Waals surface area contributed by atoms with Crippen molar-refractivity contribution in [2.24, 2.45) is 0 Å². The molecular weight excluding hydrogens is 248 g/mol. The van der Waals surface area contributed by atoms with Gasteiger partial charge in [-0.1, -0.05) is 6.92 Å². The molecule has 0 N–H and O–H groups in total. The Morgan fingerprint density at radius 1 is 1.28 bits per heavy atom. The predicted molar refractivity (Wildman–Crippen MR) is 75.1 cm³/mol. The van der Waals surface area contributed by atoms with Gasteiger partial charge >= 0.3 is 0 Å². The Bertz CT molecular complexity index is 377. The van der Waals surface area contributed by atoms with Gasteiger partial charge in [-0.2, -0.15) is 0 Å². The summed E-state index contributed by atoms with van der Waals surface area (Å²) in [6.45, 7) is 8.77. The lowest BCUT2D eigenvalue weighted by atomic mass is 10.2. The van der Waals surface area contributed by atoms with E-state index in [9.17, 15) is 0 Å². The highest BCUT2D eigenvalue weighted by Crippen LogP contribution is 2.15. The van der Waals surface area contributed by atoms with Gasteiger partial charge in [-0.25, -0.2) is 4.98 Å². The molecule has 2 heterocycles. The SMILES string of the molecule is CCC(C)N1CCN(c2cncc(CCl)n2)CC1. The molecule has 0 saturated carbocycles. The molecular formula is C13H21ClN4. The summed E-state index contributed by atoms with van der Waals surface area (Å²) in [7, 11) is 0. The second kappa shape index (κ2) is 6.34. The van der Waals surface area contributed by atoms with Crippen molar-refractivity contribution in [3.05, 3.63) is 18.1 Å². The molecule has 1 aliphatic rings. The highest BCUT2D eigenvalue weighted by molar-refractivity contribution is 6.16. The lowest BCUT2D eigenvalue weighted by Crippen LogP contribution is -2.49. The van der Waals surface area contributed by atoms with Gasteiger partial charge in [-0.3, -0.25) is 9.88 Å². The fraction of sp³-hybridized carbons (Fsp3) is 0.692. The molecule has 0 amide bonds. The van der Waals surface area contributed by atoms with Gasteiger partial charge < -0.3 is 4.90 Å². The molecule has 1 aliphatic heterocycles. The lowest BCUT2D eigenvalue weighted by Gasteiger charge is -2.38. The van der Waals surface area contributed by atoms with Gasteiger partial charge in [0, 0.05) is 38.4 Å². The van der Waals surface area contributed by atoms with Crippen LogP contribution in [-0.4, -0.2) is 47.1 Å². The number of halogens is 1. The fourth-order valence-electron chi connectivity index (χ4n) is 2.26. The standard InChI is InChI=1S/C13H21ClN4/c1-3-11(2)17-4-6-18(7-5-17)13-10-15-9-12(8-14)16-13/h9-11H,3-8H2,1-2H3. The van der Waals surface area contributed by atoms with Gasteiger partial charge in [0.2, 0.25) is 0 Å². The van der Waals surface area contributed by atoms with Crippen LogP contribution in [0.2, 0.25) is 0 Å². The third-order valence-electron chi connectivity index (χ3n) is 3.66. The maximum atomic E-state index is 5.79. The molecule has 0 spiro atoms. The van der Waals surface area contributed by atoms with Crippen LogP contribution in [0.3, 0.4) is 0 Å². The number of piperazine rings is 1. The Morgan fingerprint density at radius 2 is 2.00 bits per heavy atom. The Hall–Kier alpha value is -0.870. The zero-order valence-corrected chi connectivity index (χ0v) is 11.9. The van der Waals surface area contributed by atoms with E-state index in [1.807, 2.05) is 6.20 Å². The zero-order chi connectivity index (χ0) is 13.0. The normalized spacial score (nSPS) is 18.9. The predicted octanol–water partition coefficient (Wildman–Crippen LogP) is 2.14. The number of alkyl halides is 1. The molecule has 1 fully saturated rings. The smallest absolute Gasteiger partial charge is 0.147 e. The quantitative estimate of drug-likeness (QED) is 0.783. The van der Waals surface area contributed by atoms with Crippen molar-refractivity contribution in [3.8, 4) is 0 Å². The van der Waals surface area contributed by atoms with Crippen LogP contribution in [0.5, 0.6) is 0 Å². The first kappa shape index (κ1) is 13.6.